The molecular weight excluding hydrogens is 202 g/mol. The van der Waals surface area contributed by atoms with Gasteiger partial charge >= 0.3 is 0 Å². The van der Waals surface area contributed by atoms with Gasteiger partial charge < -0.3 is 10.2 Å². The molecular formula is C13H19NO2. The van der Waals surface area contributed by atoms with Crippen molar-refractivity contribution < 1.29 is 10.2 Å². The topological polar surface area (TPSA) is 43.7 Å². The molecule has 2 rings (SSSR count). The predicted octanol–water partition coefficient (Wildman–Crippen LogP) is 1.00. The maximum Gasteiger partial charge on any atom is 0.104 e. The van der Waals surface area contributed by atoms with Gasteiger partial charge in [-0.1, -0.05) is 30.3 Å². The molecule has 0 saturated carbocycles. The van der Waals surface area contributed by atoms with E-state index in [9.17, 15) is 10.2 Å². The van der Waals surface area contributed by atoms with Crippen LogP contribution in [0.15, 0.2) is 30.3 Å². The van der Waals surface area contributed by atoms with Crippen molar-refractivity contribution in [2.75, 3.05) is 13.1 Å². The molecule has 0 aromatic heterocycles. The number of β-amino-alcohol motifs (C(OH)–C–C–N with tert-alkyl or cyclic N) is 2. The number of aliphatic hydroxyl groups is 2. The molecule has 2 atom stereocenters. The number of hydrogen-bond donors (Lipinski definition) is 2. The molecule has 1 aliphatic heterocycles. The highest BCUT2D eigenvalue weighted by molar-refractivity contribution is 5.16. The molecule has 1 heterocycles. The molecule has 0 aliphatic carbocycles. The van der Waals surface area contributed by atoms with Gasteiger partial charge in [0.15, 0.2) is 0 Å². The first kappa shape index (κ1) is 11.6. The monoisotopic (exact) mass is 221 g/mol. The van der Waals surface area contributed by atoms with Gasteiger partial charge in [-0.2, -0.15) is 0 Å². The predicted molar refractivity (Wildman–Crippen MR) is 63.0 cm³/mol. The van der Waals surface area contributed by atoms with Gasteiger partial charge in [-0.25, -0.2) is 0 Å². The summed E-state index contributed by atoms with van der Waals surface area (Å²) in [6.45, 7) is 5.17. The highest BCUT2D eigenvalue weighted by atomic mass is 16.4. The lowest BCUT2D eigenvalue weighted by atomic mass is 9.90. The van der Waals surface area contributed by atoms with Gasteiger partial charge in [0.2, 0.25) is 0 Å². The molecule has 0 amide bonds. The number of nitrogens with zero attached hydrogens (tertiary/aromatic N) is 1. The quantitative estimate of drug-likeness (QED) is 0.783. The number of benzene rings is 1. The third-order valence-corrected chi connectivity index (χ3v) is 3.47. The van der Waals surface area contributed by atoms with Crippen LogP contribution in [0, 0.1) is 0 Å². The lowest BCUT2D eigenvalue weighted by molar-refractivity contribution is -0.0935. The van der Waals surface area contributed by atoms with E-state index in [0.717, 1.165) is 6.54 Å². The first-order valence-corrected chi connectivity index (χ1v) is 5.62. The Labute approximate surface area is 96.3 Å². The van der Waals surface area contributed by atoms with Crippen molar-refractivity contribution in [3.05, 3.63) is 35.9 Å². The fraction of sp³-hybridized carbons (Fsp3) is 0.538. The van der Waals surface area contributed by atoms with Crippen LogP contribution in [0.4, 0.5) is 0 Å². The minimum atomic E-state index is -1.03. The van der Waals surface area contributed by atoms with Crippen LogP contribution < -0.4 is 0 Å². The Balaban J connectivity index is 2.05. The van der Waals surface area contributed by atoms with E-state index in [-0.39, 0.29) is 0 Å². The van der Waals surface area contributed by atoms with Crippen molar-refractivity contribution >= 4 is 0 Å². The maximum atomic E-state index is 10.1. The summed E-state index contributed by atoms with van der Waals surface area (Å²) in [7, 11) is 0. The largest absolute Gasteiger partial charge is 0.386 e. The summed E-state index contributed by atoms with van der Waals surface area (Å²) in [5, 5.41) is 20.2. The fourth-order valence-electron chi connectivity index (χ4n) is 2.22. The van der Waals surface area contributed by atoms with E-state index in [2.05, 4.69) is 17.0 Å². The molecule has 0 bridgehead atoms. The van der Waals surface area contributed by atoms with E-state index in [1.54, 1.807) is 13.8 Å². The molecule has 1 aromatic rings. The normalized spacial score (nSPS) is 35.5. The third kappa shape index (κ3) is 2.12. The van der Waals surface area contributed by atoms with Crippen LogP contribution in [-0.2, 0) is 6.54 Å². The van der Waals surface area contributed by atoms with E-state index < -0.39 is 11.2 Å². The Bertz CT molecular complexity index is 343. The highest BCUT2D eigenvalue weighted by Gasteiger charge is 2.49. The van der Waals surface area contributed by atoms with Gasteiger partial charge in [0, 0.05) is 19.6 Å². The van der Waals surface area contributed by atoms with Crippen molar-refractivity contribution in [1.29, 1.82) is 0 Å². The van der Waals surface area contributed by atoms with Crippen LogP contribution in [-0.4, -0.2) is 39.4 Å². The van der Waals surface area contributed by atoms with Gasteiger partial charge in [-0.15, -0.1) is 0 Å². The molecule has 2 N–H and O–H groups in total. The zero-order valence-electron chi connectivity index (χ0n) is 9.85. The van der Waals surface area contributed by atoms with Crippen LogP contribution in [0.1, 0.15) is 19.4 Å². The fourth-order valence-corrected chi connectivity index (χ4v) is 2.22. The SMILES string of the molecule is C[C@]1(O)CN(Cc2ccccc2)C[C@@]1(C)O. The van der Waals surface area contributed by atoms with E-state index in [4.69, 9.17) is 0 Å². The molecule has 3 nitrogen and oxygen atoms in total. The molecule has 0 unspecified atom stereocenters. The van der Waals surface area contributed by atoms with E-state index >= 15 is 0 Å². The van der Waals surface area contributed by atoms with Crippen molar-refractivity contribution in [2.45, 2.75) is 31.6 Å². The second kappa shape index (κ2) is 3.84. The summed E-state index contributed by atoms with van der Waals surface area (Å²) in [4.78, 5) is 2.08. The Kier molecular flexibility index (Phi) is 2.78. The standard InChI is InChI=1S/C13H19NO2/c1-12(15)9-14(10-13(12,2)16)8-11-6-4-3-5-7-11/h3-7,15-16H,8-10H2,1-2H3/t12-,13+. The Morgan fingerprint density at radius 2 is 1.56 bits per heavy atom. The van der Waals surface area contributed by atoms with Gasteiger partial charge in [0.05, 0.1) is 0 Å². The van der Waals surface area contributed by atoms with Crippen LogP contribution in [0.3, 0.4) is 0 Å². The molecule has 1 aliphatic rings. The van der Waals surface area contributed by atoms with E-state index in [1.807, 2.05) is 18.2 Å². The summed E-state index contributed by atoms with van der Waals surface area (Å²) in [5.74, 6) is 0. The van der Waals surface area contributed by atoms with Gasteiger partial charge in [0.25, 0.3) is 0 Å². The third-order valence-electron chi connectivity index (χ3n) is 3.47. The number of hydrogen-bond acceptors (Lipinski definition) is 3. The van der Waals surface area contributed by atoms with Crippen LogP contribution in [0.2, 0.25) is 0 Å². The molecule has 1 aromatic carbocycles. The first-order valence-electron chi connectivity index (χ1n) is 5.62. The van der Waals surface area contributed by atoms with Crippen LogP contribution in [0.5, 0.6) is 0 Å². The minimum Gasteiger partial charge on any atom is -0.386 e. The van der Waals surface area contributed by atoms with Crippen LogP contribution in [0.25, 0.3) is 0 Å². The first-order chi connectivity index (χ1) is 7.41. The average molecular weight is 221 g/mol. The Hall–Kier alpha value is -0.900. The number of likely N-dealkylation sites (tertiary alicyclic amines) is 1. The molecule has 0 spiro atoms. The second-order valence-electron chi connectivity index (χ2n) is 5.18. The zero-order valence-corrected chi connectivity index (χ0v) is 9.85. The summed E-state index contributed by atoms with van der Waals surface area (Å²) >= 11 is 0. The van der Waals surface area contributed by atoms with Gasteiger partial charge in [0.1, 0.15) is 11.2 Å². The molecule has 3 heteroatoms. The minimum absolute atomic E-state index is 0.509. The summed E-state index contributed by atoms with van der Waals surface area (Å²) in [6.07, 6.45) is 0. The maximum absolute atomic E-state index is 10.1. The molecule has 88 valence electrons. The summed E-state index contributed by atoms with van der Waals surface area (Å²) in [6, 6.07) is 10.1. The molecule has 1 saturated heterocycles. The zero-order chi connectivity index (χ0) is 11.8. The second-order valence-corrected chi connectivity index (χ2v) is 5.18. The highest BCUT2D eigenvalue weighted by Crippen LogP contribution is 2.31. The summed E-state index contributed by atoms with van der Waals surface area (Å²) < 4.78 is 0. The molecule has 0 radical (unpaired) electrons. The Morgan fingerprint density at radius 3 is 2.06 bits per heavy atom. The molecule has 16 heavy (non-hydrogen) atoms. The lowest BCUT2D eigenvalue weighted by Crippen LogP contribution is -2.48. The van der Waals surface area contributed by atoms with E-state index in [1.165, 1.54) is 5.56 Å². The molecule has 1 fully saturated rings. The van der Waals surface area contributed by atoms with Crippen molar-refractivity contribution in [1.82, 2.24) is 4.90 Å². The number of rotatable bonds is 2. The summed E-state index contributed by atoms with van der Waals surface area (Å²) in [5.41, 5.74) is -0.847. The Morgan fingerprint density at radius 1 is 1.06 bits per heavy atom. The average Bonchev–Trinajstić information content (AvgIpc) is 2.36. The lowest BCUT2D eigenvalue weighted by Gasteiger charge is -2.29. The van der Waals surface area contributed by atoms with E-state index in [0.29, 0.717) is 13.1 Å². The van der Waals surface area contributed by atoms with Gasteiger partial charge in [-0.05, 0) is 19.4 Å². The van der Waals surface area contributed by atoms with Crippen molar-refractivity contribution in [2.24, 2.45) is 0 Å². The van der Waals surface area contributed by atoms with Gasteiger partial charge in [-0.3, -0.25) is 4.90 Å². The van der Waals surface area contributed by atoms with Crippen molar-refractivity contribution in [3.8, 4) is 0 Å². The van der Waals surface area contributed by atoms with Crippen molar-refractivity contribution in [3.63, 3.8) is 0 Å². The van der Waals surface area contributed by atoms with Crippen LogP contribution >= 0.6 is 0 Å². The smallest absolute Gasteiger partial charge is 0.104 e.